The van der Waals surface area contributed by atoms with Crippen LogP contribution < -0.4 is 0 Å². The lowest BCUT2D eigenvalue weighted by atomic mass is 9.63. The van der Waals surface area contributed by atoms with Crippen LogP contribution in [0.3, 0.4) is 0 Å². The zero-order chi connectivity index (χ0) is 22.0. The Hall–Kier alpha value is -2.51. The van der Waals surface area contributed by atoms with E-state index in [-0.39, 0.29) is 24.8 Å². The fourth-order valence-electron chi connectivity index (χ4n) is 3.54. The van der Waals surface area contributed by atoms with E-state index in [1.807, 2.05) is 0 Å². The van der Waals surface area contributed by atoms with E-state index in [1.54, 1.807) is 13.8 Å². The van der Waals surface area contributed by atoms with Crippen molar-refractivity contribution in [2.75, 3.05) is 20.8 Å². The number of ketones is 2. The average molecular weight is 409 g/mol. The van der Waals surface area contributed by atoms with Crippen LogP contribution in [0.15, 0.2) is 17.8 Å². The molecule has 0 heterocycles. The molecule has 0 aromatic heterocycles. The van der Waals surface area contributed by atoms with E-state index in [1.165, 1.54) is 20.3 Å². The molecule has 0 radical (unpaired) electrons. The van der Waals surface area contributed by atoms with Crippen molar-refractivity contribution in [3.63, 3.8) is 0 Å². The molecule has 0 amide bonds. The highest BCUT2D eigenvalue weighted by atomic mass is 16.6. The van der Waals surface area contributed by atoms with Crippen LogP contribution in [0.5, 0.6) is 0 Å². The Labute approximate surface area is 171 Å². The van der Waals surface area contributed by atoms with Gasteiger partial charge >= 0.3 is 11.9 Å². The molecule has 1 rings (SSSR count). The molecule has 162 valence electrons. The van der Waals surface area contributed by atoms with Crippen LogP contribution in [0, 0.1) is 17.3 Å². The van der Waals surface area contributed by atoms with Crippen LogP contribution in [0.4, 0.5) is 0 Å². The van der Waals surface area contributed by atoms with Gasteiger partial charge in [-0.3, -0.25) is 19.2 Å². The Bertz CT molecular complexity index is 666. The number of carbonyl (C=O) groups is 4. The molecule has 1 saturated carbocycles. The summed E-state index contributed by atoms with van der Waals surface area (Å²) in [6.07, 6.45) is 4.13. The second-order valence-electron chi connectivity index (χ2n) is 7.73. The van der Waals surface area contributed by atoms with Crippen molar-refractivity contribution in [1.82, 2.24) is 0 Å². The third-order valence-corrected chi connectivity index (χ3v) is 4.99. The first kappa shape index (κ1) is 24.5. The molecule has 0 N–H and O–H groups in total. The van der Waals surface area contributed by atoms with Gasteiger partial charge in [-0.05, 0) is 24.7 Å². The number of methoxy groups -OCH3 is 2. The maximum Gasteiger partial charge on any atom is 0.316 e. The molecule has 1 fully saturated rings. The largest absolute Gasteiger partial charge is 0.469 e. The fraction of sp³-hybridized carbons (Fsp3) is 0.667. The number of carbonyl (C=O) groups excluding carboxylic acids is 4. The normalized spacial score (nSPS) is 21.4. The molecule has 0 aromatic carbocycles. The quantitative estimate of drug-likeness (QED) is 0.129. The molecule has 29 heavy (non-hydrogen) atoms. The van der Waals surface area contributed by atoms with Crippen molar-refractivity contribution >= 4 is 29.2 Å². The van der Waals surface area contributed by atoms with Crippen molar-refractivity contribution in [2.45, 2.75) is 52.4 Å². The van der Waals surface area contributed by atoms with Gasteiger partial charge in [-0.15, -0.1) is 0 Å². The summed E-state index contributed by atoms with van der Waals surface area (Å²) >= 11 is 0. The number of hydrogen-bond donors (Lipinski definition) is 0. The summed E-state index contributed by atoms with van der Waals surface area (Å²) < 4.78 is 9.41. The van der Waals surface area contributed by atoms with Crippen molar-refractivity contribution < 1.29 is 33.5 Å². The lowest BCUT2D eigenvalue weighted by Crippen LogP contribution is -2.52. The van der Waals surface area contributed by atoms with Gasteiger partial charge in [0.15, 0.2) is 5.78 Å². The van der Waals surface area contributed by atoms with Crippen molar-refractivity contribution in [3.8, 4) is 0 Å². The van der Waals surface area contributed by atoms with Crippen molar-refractivity contribution in [2.24, 2.45) is 22.4 Å². The summed E-state index contributed by atoms with van der Waals surface area (Å²) in [7, 11) is 2.56. The van der Waals surface area contributed by atoms with E-state index in [0.717, 1.165) is 0 Å². The minimum absolute atomic E-state index is 0.0615. The number of rotatable bonds is 11. The highest BCUT2D eigenvalue weighted by molar-refractivity contribution is 6.26. The van der Waals surface area contributed by atoms with Crippen molar-refractivity contribution in [3.05, 3.63) is 12.7 Å². The first-order valence-corrected chi connectivity index (χ1v) is 9.70. The number of esters is 2. The van der Waals surface area contributed by atoms with Gasteiger partial charge < -0.3 is 14.3 Å². The maximum atomic E-state index is 13.1. The number of oxime groups is 1. The number of ether oxygens (including phenoxy) is 2. The van der Waals surface area contributed by atoms with E-state index >= 15 is 0 Å². The number of hydrogen-bond acceptors (Lipinski definition) is 8. The van der Waals surface area contributed by atoms with Gasteiger partial charge in [-0.25, -0.2) is 0 Å². The van der Waals surface area contributed by atoms with E-state index < -0.39 is 29.0 Å². The van der Waals surface area contributed by atoms with Gasteiger partial charge in [0.2, 0.25) is 0 Å². The Balaban J connectivity index is 2.97. The highest BCUT2D eigenvalue weighted by Crippen LogP contribution is 2.40. The van der Waals surface area contributed by atoms with E-state index in [9.17, 15) is 19.2 Å². The standard InChI is InChI=1S/C21H31NO7/c1-6-12-29-22-14(10-8-7-9-11-16(24)27-4)17-15(23)13-21(2,3)18(19(17)25)20(26)28-5/h6,17-18H,1,7-13H2,2-5H3. The second kappa shape index (κ2) is 11.5. The number of nitrogens with zero attached hydrogens (tertiary/aromatic N) is 1. The lowest BCUT2D eigenvalue weighted by molar-refractivity contribution is -0.159. The number of Topliss-reactive ketones (excluding diaryl/α,β-unsaturated/α-hetero) is 2. The molecule has 2 atom stereocenters. The molecular weight excluding hydrogens is 378 g/mol. The molecule has 1 aliphatic rings. The Morgan fingerprint density at radius 3 is 2.38 bits per heavy atom. The van der Waals surface area contributed by atoms with Crippen LogP contribution in [0.25, 0.3) is 0 Å². The molecule has 8 nitrogen and oxygen atoms in total. The monoisotopic (exact) mass is 409 g/mol. The van der Waals surface area contributed by atoms with E-state index in [0.29, 0.717) is 37.8 Å². The van der Waals surface area contributed by atoms with E-state index in [4.69, 9.17) is 9.57 Å². The fourth-order valence-corrected chi connectivity index (χ4v) is 3.54. The van der Waals surface area contributed by atoms with Gasteiger partial charge in [0.05, 0.1) is 19.9 Å². The molecule has 0 aliphatic heterocycles. The minimum atomic E-state index is -1.13. The topological polar surface area (TPSA) is 108 Å². The van der Waals surface area contributed by atoms with Crippen molar-refractivity contribution in [1.29, 1.82) is 0 Å². The summed E-state index contributed by atoms with van der Waals surface area (Å²) in [6.45, 7) is 7.09. The zero-order valence-corrected chi connectivity index (χ0v) is 17.7. The SMILES string of the molecule is C=CCON=C(CCCCCC(=O)OC)C1C(=O)CC(C)(C)C(C(=O)OC)C1=O. The zero-order valence-electron chi connectivity index (χ0n) is 17.7. The average Bonchev–Trinajstić information content (AvgIpc) is 2.65. The summed E-state index contributed by atoms with van der Waals surface area (Å²) in [5, 5.41) is 4.01. The Kier molecular flexibility index (Phi) is 9.71. The summed E-state index contributed by atoms with van der Waals surface area (Å²) in [4.78, 5) is 54.5. The highest BCUT2D eigenvalue weighted by Gasteiger charge is 2.53. The lowest BCUT2D eigenvalue weighted by Gasteiger charge is -2.38. The molecular formula is C21H31NO7. The van der Waals surface area contributed by atoms with Gasteiger partial charge in [0.1, 0.15) is 24.2 Å². The van der Waals surface area contributed by atoms with Crippen LogP contribution in [-0.2, 0) is 33.5 Å². The van der Waals surface area contributed by atoms with Gasteiger partial charge in [0.25, 0.3) is 0 Å². The van der Waals surface area contributed by atoms with Crippen LogP contribution in [0.1, 0.15) is 52.4 Å². The Morgan fingerprint density at radius 1 is 1.14 bits per heavy atom. The molecule has 0 bridgehead atoms. The third-order valence-electron chi connectivity index (χ3n) is 4.99. The summed E-state index contributed by atoms with van der Waals surface area (Å²) in [5.41, 5.74) is -0.532. The first-order valence-electron chi connectivity index (χ1n) is 9.70. The molecule has 2 unspecified atom stereocenters. The van der Waals surface area contributed by atoms with Gasteiger partial charge in [0, 0.05) is 12.8 Å². The van der Waals surface area contributed by atoms with Crippen LogP contribution in [0.2, 0.25) is 0 Å². The molecule has 0 aromatic rings. The predicted octanol–water partition coefficient (Wildman–Crippen LogP) is 2.64. The van der Waals surface area contributed by atoms with Gasteiger partial charge in [-0.1, -0.05) is 38.1 Å². The molecule has 8 heteroatoms. The molecule has 1 aliphatic carbocycles. The summed E-state index contributed by atoms with van der Waals surface area (Å²) in [6, 6.07) is 0. The first-order chi connectivity index (χ1) is 13.7. The minimum Gasteiger partial charge on any atom is -0.469 e. The third kappa shape index (κ3) is 6.80. The van der Waals surface area contributed by atoms with Gasteiger partial charge in [-0.2, -0.15) is 0 Å². The van der Waals surface area contributed by atoms with Crippen LogP contribution >= 0.6 is 0 Å². The smallest absolute Gasteiger partial charge is 0.316 e. The van der Waals surface area contributed by atoms with E-state index in [2.05, 4.69) is 16.5 Å². The summed E-state index contributed by atoms with van der Waals surface area (Å²) in [5.74, 6) is -3.89. The number of unbranched alkanes of at least 4 members (excludes halogenated alkanes) is 2. The maximum absolute atomic E-state index is 13.1. The Morgan fingerprint density at radius 2 is 1.79 bits per heavy atom. The predicted molar refractivity (Wildman–Crippen MR) is 106 cm³/mol. The van der Waals surface area contributed by atoms with Crippen LogP contribution in [-0.4, -0.2) is 50.0 Å². The molecule has 0 spiro atoms. The second-order valence-corrected chi connectivity index (χ2v) is 7.73. The molecule has 0 saturated heterocycles.